The van der Waals surface area contributed by atoms with Crippen LogP contribution in [-0.2, 0) is 16.6 Å². The van der Waals surface area contributed by atoms with Crippen LogP contribution in [0.2, 0.25) is 5.15 Å². The number of carbonyl (C=O) groups excluding carboxylic acids is 2. The topological polar surface area (TPSA) is 67.2 Å². The highest BCUT2D eigenvalue weighted by molar-refractivity contribution is 6.29. The molecule has 9 heteroatoms. The third-order valence-corrected chi connectivity index (χ3v) is 4.46. The summed E-state index contributed by atoms with van der Waals surface area (Å²) in [5.41, 5.74) is 0.303. The molecule has 2 amide bonds. The number of nitrogens with one attached hydrogen (secondary N) is 1. The lowest BCUT2D eigenvalue weighted by atomic mass is 9.91. The van der Waals surface area contributed by atoms with Crippen molar-refractivity contribution in [2.75, 3.05) is 18.9 Å². The first-order valence-electron chi connectivity index (χ1n) is 7.49. The van der Waals surface area contributed by atoms with Crippen LogP contribution < -0.4 is 5.32 Å². The monoisotopic (exact) mass is 368 g/mol. The second-order valence-electron chi connectivity index (χ2n) is 5.91. The molecule has 0 bridgehead atoms. The number of amides is 2. The van der Waals surface area contributed by atoms with Crippen LogP contribution in [0, 0.1) is 17.6 Å². The van der Waals surface area contributed by atoms with Gasteiger partial charge in [0.15, 0.2) is 16.8 Å². The summed E-state index contributed by atoms with van der Waals surface area (Å²) in [5, 5.41) is 6.57. The van der Waals surface area contributed by atoms with E-state index in [1.165, 1.54) is 21.7 Å². The number of rotatable bonds is 3. The van der Waals surface area contributed by atoms with Gasteiger partial charge in [-0.05, 0) is 18.2 Å². The zero-order chi connectivity index (χ0) is 18.3. The number of carbonyl (C=O) groups is 2. The molecule has 0 unspecified atom stereocenters. The molecule has 0 aliphatic carbocycles. The maximum Gasteiger partial charge on any atom is 0.237 e. The van der Waals surface area contributed by atoms with Gasteiger partial charge in [-0.2, -0.15) is 5.10 Å². The zero-order valence-electron chi connectivity index (χ0n) is 13.5. The number of likely N-dealkylation sites (N-methyl/N-ethyl adjacent to an activating group) is 1. The van der Waals surface area contributed by atoms with E-state index >= 15 is 0 Å². The van der Waals surface area contributed by atoms with Crippen molar-refractivity contribution in [2.24, 2.45) is 13.0 Å². The fourth-order valence-electron chi connectivity index (χ4n) is 3.06. The first-order chi connectivity index (χ1) is 11.8. The van der Waals surface area contributed by atoms with Crippen molar-refractivity contribution in [3.8, 4) is 0 Å². The molecular formula is C16H15ClF2N4O2. The van der Waals surface area contributed by atoms with Crippen LogP contribution in [0.15, 0.2) is 24.3 Å². The molecule has 1 fully saturated rings. The molecule has 0 radical (unpaired) electrons. The van der Waals surface area contributed by atoms with Crippen molar-refractivity contribution in [2.45, 2.75) is 5.92 Å². The second-order valence-corrected chi connectivity index (χ2v) is 6.30. The lowest BCUT2D eigenvalue weighted by Crippen LogP contribution is -2.33. The molecule has 1 saturated heterocycles. The van der Waals surface area contributed by atoms with Gasteiger partial charge in [-0.3, -0.25) is 14.3 Å². The summed E-state index contributed by atoms with van der Waals surface area (Å²) in [7, 11) is 3.23. The number of likely N-dealkylation sites (tertiary alicyclic amines) is 1. The standard InChI is InChI=1S/C16H15ClF2N4O2/c1-22-7-8(11-6-12(17)21-23(11)2)13(16(22)25)15(24)20-10-5-3-4-9(18)14(10)19/h3-6,8,13H,7H2,1-2H3,(H,20,24)/t8-,13+/m1/s1. The Morgan fingerprint density at radius 2 is 2.08 bits per heavy atom. The lowest BCUT2D eigenvalue weighted by Gasteiger charge is -2.17. The number of nitrogens with zero attached hydrogens (tertiary/aromatic N) is 3. The molecule has 25 heavy (non-hydrogen) atoms. The van der Waals surface area contributed by atoms with Crippen molar-refractivity contribution in [1.29, 1.82) is 0 Å². The predicted octanol–water partition coefficient (Wildman–Crippen LogP) is 2.16. The van der Waals surface area contributed by atoms with E-state index in [1.54, 1.807) is 20.2 Å². The van der Waals surface area contributed by atoms with Gasteiger partial charge in [0.05, 0.1) is 5.69 Å². The van der Waals surface area contributed by atoms with Crippen LogP contribution in [0.4, 0.5) is 14.5 Å². The molecule has 2 aromatic rings. The SMILES string of the molecule is CN1C[C@H](c2cc(Cl)nn2C)[C@@H](C(=O)Nc2cccc(F)c2F)C1=O. The fourth-order valence-corrected chi connectivity index (χ4v) is 3.29. The van der Waals surface area contributed by atoms with Crippen LogP contribution in [0.1, 0.15) is 11.6 Å². The number of benzene rings is 1. The Kier molecular flexibility index (Phi) is 4.47. The average molecular weight is 369 g/mol. The highest BCUT2D eigenvalue weighted by Crippen LogP contribution is 2.35. The van der Waals surface area contributed by atoms with E-state index in [1.807, 2.05) is 0 Å². The molecule has 0 spiro atoms. The van der Waals surface area contributed by atoms with Gasteiger partial charge < -0.3 is 10.2 Å². The van der Waals surface area contributed by atoms with E-state index in [9.17, 15) is 18.4 Å². The smallest absolute Gasteiger partial charge is 0.237 e. The first kappa shape index (κ1) is 17.3. The lowest BCUT2D eigenvalue weighted by molar-refractivity contribution is -0.135. The number of hydrogen-bond acceptors (Lipinski definition) is 3. The van der Waals surface area contributed by atoms with E-state index in [2.05, 4.69) is 10.4 Å². The molecule has 6 nitrogen and oxygen atoms in total. The van der Waals surface area contributed by atoms with Crippen LogP contribution in [0.25, 0.3) is 0 Å². The largest absolute Gasteiger partial charge is 0.344 e. The van der Waals surface area contributed by atoms with Gasteiger partial charge in [0.2, 0.25) is 11.8 Å². The maximum atomic E-state index is 13.8. The minimum Gasteiger partial charge on any atom is -0.344 e. The minimum absolute atomic E-state index is 0.245. The normalized spacial score (nSPS) is 20.2. The van der Waals surface area contributed by atoms with Crippen LogP contribution in [-0.4, -0.2) is 40.1 Å². The summed E-state index contributed by atoms with van der Waals surface area (Å²) >= 11 is 5.89. The Labute approximate surface area is 147 Å². The Balaban J connectivity index is 1.92. The molecule has 1 N–H and O–H groups in total. The van der Waals surface area contributed by atoms with Gasteiger partial charge in [0, 0.05) is 32.3 Å². The highest BCUT2D eigenvalue weighted by atomic mass is 35.5. The molecule has 2 heterocycles. The van der Waals surface area contributed by atoms with Crippen molar-refractivity contribution in [1.82, 2.24) is 14.7 Å². The Morgan fingerprint density at radius 1 is 1.36 bits per heavy atom. The van der Waals surface area contributed by atoms with E-state index in [0.29, 0.717) is 12.2 Å². The number of anilines is 1. The summed E-state index contributed by atoms with van der Waals surface area (Å²) in [5.74, 6) is -4.95. The summed E-state index contributed by atoms with van der Waals surface area (Å²) in [6, 6.07) is 5.03. The van der Waals surface area contributed by atoms with Gasteiger partial charge in [-0.15, -0.1) is 0 Å². The maximum absolute atomic E-state index is 13.8. The number of aryl methyl sites for hydroxylation is 1. The zero-order valence-corrected chi connectivity index (χ0v) is 14.2. The van der Waals surface area contributed by atoms with Crippen molar-refractivity contribution in [3.05, 3.63) is 46.7 Å². The summed E-state index contributed by atoms with van der Waals surface area (Å²) < 4.78 is 28.6. The Morgan fingerprint density at radius 3 is 2.72 bits per heavy atom. The Hall–Kier alpha value is -2.48. The second kappa shape index (κ2) is 6.44. The van der Waals surface area contributed by atoms with Crippen molar-refractivity contribution < 1.29 is 18.4 Å². The third-order valence-electron chi connectivity index (χ3n) is 4.27. The van der Waals surface area contributed by atoms with E-state index in [0.717, 1.165) is 6.07 Å². The number of aromatic nitrogens is 2. The molecule has 0 saturated carbocycles. The predicted molar refractivity (Wildman–Crippen MR) is 87.1 cm³/mol. The molecule has 1 aliphatic heterocycles. The Bertz CT molecular complexity index is 855. The van der Waals surface area contributed by atoms with Crippen molar-refractivity contribution >= 4 is 29.1 Å². The fraction of sp³-hybridized carbons (Fsp3) is 0.312. The molecule has 1 aromatic heterocycles. The highest BCUT2D eigenvalue weighted by Gasteiger charge is 2.45. The summed E-state index contributed by atoms with van der Waals surface area (Å²) in [4.78, 5) is 26.5. The molecule has 3 rings (SSSR count). The minimum atomic E-state index is -1.17. The van der Waals surface area contributed by atoms with Crippen LogP contribution in [0.3, 0.4) is 0 Å². The molecule has 1 aliphatic rings. The van der Waals surface area contributed by atoms with Gasteiger partial charge in [-0.25, -0.2) is 8.78 Å². The molecule has 132 valence electrons. The number of halogens is 3. The van der Waals surface area contributed by atoms with Crippen LogP contribution >= 0.6 is 11.6 Å². The first-order valence-corrected chi connectivity index (χ1v) is 7.86. The average Bonchev–Trinajstić information content (AvgIpc) is 3.03. The quantitative estimate of drug-likeness (QED) is 0.844. The van der Waals surface area contributed by atoms with Crippen molar-refractivity contribution in [3.63, 3.8) is 0 Å². The van der Waals surface area contributed by atoms with E-state index in [-0.39, 0.29) is 10.8 Å². The third kappa shape index (κ3) is 3.09. The van der Waals surface area contributed by atoms with Gasteiger partial charge in [0.1, 0.15) is 5.92 Å². The summed E-state index contributed by atoms with van der Waals surface area (Å²) in [6.45, 7) is 0.290. The summed E-state index contributed by atoms with van der Waals surface area (Å²) in [6.07, 6.45) is 0. The molecular weight excluding hydrogens is 354 g/mol. The van der Waals surface area contributed by atoms with E-state index < -0.39 is 35.3 Å². The van der Waals surface area contributed by atoms with Crippen LogP contribution in [0.5, 0.6) is 0 Å². The number of hydrogen-bond donors (Lipinski definition) is 1. The van der Waals surface area contributed by atoms with E-state index in [4.69, 9.17) is 11.6 Å². The van der Waals surface area contributed by atoms with Gasteiger partial charge >= 0.3 is 0 Å². The van der Waals surface area contributed by atoms with Gasteiger partial charge in [-0.1, -0.05) is 17.7 Å². The van der Waals surface area contributed by atoms with Gasteiger partial charge in [0.25, 0.3) is 0 Å². The molecule has 1 aromatic carbocycles. The molecule has 2 atom stereocenters.